The minimum absolute atomic E-state index is 0.389. The normalized spacial score (nSPS) is 14.0. The molecule has 0 spiro atoms. The van der Waals surface area contributed by atoms with Gasteiger partial charge in [-0.1, -0.05) is 55.5 Å². The predicted molar refractivity (Wildman–Crippen MR) is 87.2 cm³/mol. The Labute approximate surface area is 123 Å². The average Bonchev–Trinajstić information content (AvgIpc) is 2.48. The Morgan fingerprint density at radius 3 is 2.20 bits per heavy atom. The van der Waals surface area contributed by atoms with Crippen molar-refractivity contribution >= 4 is 0 Å². The molecule has 20 heavy (non-hydrogen) atoms. The van der Waals surface area contributed by atoms with Gasteiger partial charge in [-0.3, -0.25) is 0 Å². The van der Waals surface area contributed by atoms with Crippen LogP contribution in [-0.4, -0.2) is 6.54 Å². The van der Waals surface area contributed by atoms with Gasteiger partial charge >= 0.3 is 0 Å². The van der Waals surface area contributed by atoms with Gasteiger partial charge in [0.1, 0.15) is 0 Å². The molecule has 0 saturated carbocycles. The lowest BCUT2D eigenvalue weighted by Gasteiger charge is -2.19. The van der Waals surface area contributed by atoms with E-state index in [0.717, 1.165) is 6.54 Å². The molecule has 106 valence electrons. The highest BCUT2D eigenvalue weighted by Crippen LogP contribution is 2.19. The van der Waals surface area contributed by atoms with Gasteiger partial charge in [-0.05, 0) is 48.9 Å². The molecule has 0 amide bonds. The van der Waals surface area contributed by atoms with Crippen molar-refractivity contribution in [3.8, 4) is 0 Å². The Hall–Kier alpha value is -1.60. The van der Waals surface area contributed by atoms with E-state index in [9.17, 15) is 0 Å². The first kappa shape index (κ1) is 14.8. The number of hydrogen-bond acceptors (Lipinski definition) is 1. The first-order valence-electron chi connectivity index (χ1n) is 7.43. The number of aryl methyl sites for hydroxylation is 2. The van der Waals surface area contributed by atoms with Crippen LogP contribution in [0.25, 0.3) is 0 Å². The van der Waals surface area contributed by atoms with Gasteiger partial charge in [0.05, 0.1) is 0 Å². The summed E-state index contributed by atoms with van der Waals surface area (Å²) in [7, 11) is 0. The first-order chi connectivity index (χ1) is 9.58. The molecule has 2 unspecified atom stereocenters. The Kier molecular flexibility index (Phi) is 4.97. The molecular formula is C19H25N. The molecule has 2 atom stereocenters. The largest absolute Gasteiger partial charge is 0.310 e. The molecule has 0 fully saturated rings. The molecular weight excluding hydrogens is 242 g/mol. The zero-order chi connectivity index (χ0) is 14.5. The maximum absolute atomic E-state index is 3.64. The molecule has 0 aliphatic rings. The van der Waals surface area contributed by atoms with Crippen LogP contribution in [0.4, 0.5) is 0 Å². The second-order valence-corrected chi connectivity index (χ2v) is 5.79. The molecule has 0 radical (unpaired) electrons. The summed E-state index contributed by atoms with van der Waals surface area (Å²) in [6, 6.07) is 17.8. The second kappa shape index (κ2) is 6.71. The molecule has 2 rings (SSSR count). The van der Waals surface area contributed by atoms with E-state index in [4.69, 9.17) is 0 Å². The van der Waals surface area contributed by atoms with E-state index in [1.165, 1.54) is 22.3 Å². The van der Waals surface area contributed by atoms with Crippen LogP contribution in [0.2, 0.25) is 0 Å². The fourth-order valence-corrected chi connectivity index (χ4v) is 2.40. The quantitative estimate of drug-likeness (QED) is 0.823. The Morgan fingerprint density at radius 2 is 1.55 bits per heavy atom. The molecule has 0 aliphatic carbocycles. The summed E-state index contributed by atoms with van der Waals surface area (Å²) in [5.41, 5.74) is 5.49. The van der Waals surface area contributed by atoms with Crippen molar-refractivity contribution in [3.63, 3.8) is 0 Å². The number of nitrogens with one attached hydrogen (secondary N) is 1. The summed E-state index contributed by atoms with van der Waals surface area (Å²) >= 11 is 0. The van der Waals surface area contributed by atoms with Gasteiger partial charge in [0.25, 0.3) is 0 Å². The summed E-state index contributed by atoms with van der Waals surface area (Å²) in [4.78, 5) is 0. The third-order valence-corrected chi connectivity index (χ3v) is 4.13. The van der Waals surface area contributed by atoms with Crippen LogP contribution < -0.4 is 5.32 Å². The van der Waals surface area contributed by atoms with Crippen LogP contribution in [0.1, 0.15) is 48.1 Å². The van der Waals surface area contributed by atoms with Gasteiger partial charge in [0.15, 0.2) is 0 Å². The number of rotatable bonds is 5. The van der Waals surface area contributed by atoms with Crippen molar-refractivity contribution in [1.29, 1.82) is 0 Å². The fourth-order valence-electron chi connectivity index (χ4n) is 2.40. The maximum atomic E-state index is 3.64. The fraction of sp³-hybridized carbons (Fsp3) is 0.368. The summed E-state index contributed by atoms with van der Waals surface area (Å²) in [5.74, 6) is 0.533. The van der Waals surface area contributed by atoms with Crippen molar-refractivity contribution in [2.75, 3.05) is 6.54 Å². The minimum atomic E-state index is 0.389. The van der Waals surface area contributed by atoms with Crippen molar-refractivity contribution < 1.29 is 0 Å². The van der Waals surface area contributed by atoms with Crippen LogP contribution in [-0.2, 0) is 0 Å². The smallest absolute Gasteiger partial charge is 0.0292 e. The number of benzene rings is 2. The molecule has 0 bridgehead atoms. The molecule has 0 aromatic heterocycles. The highest BCUT2D eigenvalue weighted by Gasteiger charge is 2.09. The minimum Gasteiger partial charge on any atom is -0.310 e. The van der Waals surface area contributed by atoms with E-state index in [-0.39, 0.29) is 0 Å². The molecule has 0 heterocycles. The van der Waals surface area contributed by atoms with E-state index < -0.39 is 0 Å². The van der Waals surface area contributed by atoms with Crippen LogP contribution in [0.5, 0.6) is 0 Å². The lowest BCUT2D eigenvalue weighted by molar-refractivity contribution is 0.537. The van der Waals surface area contributed by atoms with Gasteiger partial charge in [0, 0.05) is 12.6 Å². The van der Waals surface area contributed by atoms with E-state index in [1.54, 1.807) is 0 Å². The van der Waals surface area contributed by atoms with Gasteiger partial charge in [0.2, 0.25) is 0 Å². The molecule has 0 saturated heterocycles. The molecule has 2 aromatic rings. The third kappa shape index (κ3) is 3.71. The zero-order valence-corrected chi connectivity index (χ0v) is 13.0. The van der Waals surface area contributed by atoms with Crippen LogP contribution in [0.15, 0.2) is 48.5 Å². The van der Waals surface area contributed by atoms with E-state index in [2.05, 4.69) is 81.5 Å². The number of hydrogen-bond donors (Lipinski definition) is 1. The highest BCUT2D eigenvalue weighted by molar-refractivity contribution is 5.31. The van der Waals surface area contributed by atoms with Gasteiger partial charge in [-0.25, -0.2) is 0 Å². The summed E-state index contributed by atoms with van der Waals surface area (Å²) in [6.45, 7) is 9.85. The third-order valence-electron chi connectivity index (χ3n) is 4.13. The standard InChI is InChI=1S/C19H25N/c1-14-10-11-19(12-15(14)2)17(4)20-13-16(3)18-8-6-5-7-9-18/h5-12,16-17,20H,13H2,1-4H3. The van der Waals surface area contributed by atoms with Crippen molar-refractivity contribution in [2.45, 2.75) is 39.7 Å². The van der Waals surface area contributed by atoms with Gasteiger partial charge in [-0.2, -0.15) is 0 Å². The van der Waals surface area contributed by atoms with Crippen LogP contribution in [0, 0.1) is 13.8 Å². The SMILES string of the molecule is Cc1ccc(C(C)NCC(C)c2ccccc2)cc1C. The molecule has 0 aliphatic heterocycles. The first-order valence-corrected chi connectivity index (χ1v) is 7.43. The molecule has 1 heteroatoms. The summed E-state index contributed by atoms with van der Waals surface area (Å²) < 4.78 is 0. The Balaban J connectivity index is 1.95. The van der Waals surface area contributed by atoms with E-state index >= 15 is 0 Å². The monoisotopic (exact) mass is 267 g/mol. The lowest BCUT2D eigenvalue weighted by atomic mass is 9.99. The highest BCUT2D eigenvalue weighted by atomic mass is 14.9. The lowest BCUT2D eigenvalue weighted by Crippen LogP contribution is -2.23. The Morgan fingerprint density at radius 1 is 0.850 bits per heavy atom. The average molecular weight is 267 g/mol. The molecule has 1 nitrogen and oxygen atoms in total. The van der Waals surface area contributed by atoms with Crippen molar-refractivity contribution in [3.05, 3.63) is 70.8 Å². The molecule has 2 aromatic carbocycles. The van der Waals surface area contributed by atoms with E-state index in [1.807, 2.05) is 0 Å². The maximum Gasteiger partial charge on any atom is 0.0292 e. The topological polar surface area (TPSA) is 12.0 Å². The van der Waals surface area contributed by atoms with Crippen molar-refractivity contribution in [2.24, 2.45) is 0 Å². The van der Waals surface area contributed by atoms with E-state index in [0.29, 0.717) is 12.0 Å². The van der Waals surface area contributed by atoms with Crippen LogP contribution >= 0.6 is 0 Å². The van der Waals surface area contributed by atoms with Gasteiger partial charge < -0.3 is 5.32 Å². The molecule has 1 N–H and O–H groups in total. The van der Waals surface area contributed by atoms with Crippen LogP contribution in [0.3, 0.4) is 0 Å². The summed E-state index contributed by atoms with van der Waals surface area (Å²) in [6.07, 6.45) is 0. The predicted octanol–water partition coefficient (Wildman–Crippen LogP) is 4.76. The Bertz CT molecular complexity index is 545. The summed E-state index contributed by atoms with van der Waals surface area (Å²) in [5, 5.41) is 3.64. The van der Waals surface area contributed by atoms with Crippen molar-refractivity contribution in [1.82, 2.24) is 5.32 Å². The zero-order valence-electron chi connectivity index (χ0n) is 13.0. The van der Waals surface area contributed by atoms with Gasteiger partial charge in [-0.15, -0.1) is 0 Å². The second-order valence-electron chi connectivity index (χ2n) is 5.79.